The van der Waals surface area contributed by atoms with Crippen LogP contribution < -0.4 is 0 Å². The van der Waals surface area contributed by atoms with Gasteiger partial charge in [0.15, 0.2) is 0 Å². The quantitative estimate of drug-likeness (QED) is 0.632. The van der Waals surface area contributed by atoms with Crippen LogP contribution in [-0.4, -0.2) is 48.8 Å². The Labute approximate surface area is 84.8 Å². The van der Waals surface area contributed by atoms with Crippen molar-refractivity contribution in [2.24, 2.45) is 0 Å². The first-order valence-corrected chi connectivity index (χ1v) is 5.19. The molecular formula is C10H19NO3. The van der Waals surface area contributed by atoms with Gasteiger partial charge in [-0.25, -0.2) is 0 Å². The second kappa shape index (κ2) is 5.98. The van der Waals surface area contributed by atoms with E-state index >= 15 is 0 Å². The molecule has 1 fully saturated rings. The highest BCUT2D eigenvalue weighted by Gasteiger charge is 2.24. The van der Waals surface area contributed by atoms with Gasteiger partial charge in [-0.2, -0.15) is 0 Å². The van der Waals surface area contributed by atoms with E-state index in [4.69, 9.17) is 5.11 Å². The molecule has 0 aromatic rings. The molecule has 0 heterocycles. The molecule has 0 atom stereocenters. The van der Waals surface area contributed by atoms with Crippen LogP contribution in [0, 0.1) is 0 Å². The average Bonchev–Trinajstić information content (AvgIpc) is 2.11. The van der Waals surface area contributed by atoms with Crippen molar-refractivity contribution < 1.29 is 14.6 Å². The van der Waals surface area contributed by atoms with Gasteiger partial charge in [0.1, 0.15) is 0 Å². The van der Waals surface area contributed by atoms with Crippen LogP contribution in [0.15, 0.2) is 0 Å². The number of ether oxygens (including phenoxy) is 1. The molecule has 1 rings (SSSR count). The number of aliphatic hydroxyl groups is 1. The van der Waals surface area contributed by atoms with Crippen LogP contribution in [0.2, 0.25) is 0 Å². The summed E-state index contributed by atoms with van der Waals surface area (Å²) in [6.07, 6.45) is 4.08. The highest BCUT2D eigenvalue weighted by Crippen LogP contribution is 2.24. The third-order valence-electron chi connectivity index (χ3n) is 2.81. The van der Waals surface area contributed by atoms with Crippen LogP contribution in [0.4, 0.5) is 0 Å². The van der Waals surface area contributed by atoms with Crippen molar-refractivity contribution in [3.05, 3.63) is 0 Å². The highest BCUT2D eigenvalue weighted by molar-refractivity contribution is 5.69. The third kappa shape index (κ3) is 3.27. The topological polar surface area (TPSA) is 49.8 Å². The Balaban J connectivity index is 2.23. The van der Waals surface area contributed by atoms with Gasteiger partial charge in [0, 0.05) is 19.1 Å². The van der Waals surface area contributed by atoms with Crippen LogP contribution in [-0.2, 0) is 9.53 Å². The van der Waals surface area contributed by atoms with Crippen LogP contribution >= 0.6 is 0 Å². The van der Waals surface area contributed by atoms with E-state index in [9.17, 15) is 4.79 Å². The number of aliphatic hydroxyl groups excluding tert-OH is 1. The molecule has 0 bridgehead atoms. The van der Waals surface area contributed by atoms with E-state index < -0.39 is 0 Å². The minimum Gasteiger partial charge on any atom is -0.469 e. The van der Waals surface area contributed by atoms with Gasteiger partial charge in [-0.1, -0.05) is 6.42 Å². The van der Waals surface area contributed by atoms with Gasteiger partial charge in [0.05, 0.1) is 20.1 Å². The zero-order valence-corrected chi connectivity index (χ0v) is 8.74. The van der Waals surface area contributed by atoms with Gasteiger partial charge in [0.2, 0.25) is 0 Å². The largest absolute Gasteiger partial charge is 0.469 e. The zero-order valence-electron chi connectivity index (χ0n) is 8.74. The molecule has 0 aromatic carbocycles. The van der Waals surface area contributed by atoms with Crippen molar-refractivity contribution in [2.75, 3.05) is 26.8 Å². The SMILES string of the molecule is COC(=O)CCN(CCO)C1CCC1. The number of carbonyl (C=O) groups excluding carboxylic acids is 1. The summed E-state index contributed by atoms with van der Waals surface area (Å²) in [6.45, 7) is 1.54. The third-order valence-corrected chi connectivity index (χ3v) is 2.81. The number of methoxy groups -OCH3 is 1. The maximum absolute atomic E-state index is 10.9. The molecule has 0 aliphatic heterocycles. The van der Waals surface area contributed by atoms with Gasteiger partial charge in [-0.3, -0.25) is 9.69 Å². The number of hydrogen-bond donors (Lipinski definition) is 1. The lowest BCUT2D eigenvalue weighted by Crippen LogP contribution is -2.42. The monoisotopic (exact) mass is 201 g/mol. The van der Waals surface area contributed by atoms with Gasteiger partial charge < -0.3 is 9.84 Å². The Hall–Kier alpha value is -0.610. The average molecular weight is 201 g/mol. The van der Waals surface area contributed by atoms with Crippen molar-refractivity contribution >= 4 is 5.97 Å². The van der Waals surface area contributed by atoms with Crippen molar-refractivity contribution in [1.29, 1.82) is 0 Å². The van der Waals surface area contributed by atoms with Gasteiger partial charge in [-0.05, 0) is 12.8 Å². The summed E-state index contributed by atoms with van der Waals surface area (Å²) in [4.78, 5) is 13.1. The van der Waals surface area contributed by atoms with E-state index in [1.165, 1.54) is 26.4 Å². The lowest BCUT2D eigenvalue weighted by molar-refractivity contribution is -0.141. The fourth-order valence-corrected chi connectivity index (χ4v) is 1.69. The predicted octanol–water partition coefficient (Wildman–Crippen LogP) is 0.396. The molecule has 1 saturated carbocycles. The molecule has 4 nitrogen and oxygen atoms in total. The van der Waals surface area contributed by atoms with Crippen LogP contribution in [0.25, 0.3) is 0 Å². The standard InChI is InChI=1S/C10H19NO3/c1-14-10(13)5-6-11(7-8-12)9-3-2-4-9/h9,12H,2-8H2,1H3. The van der Waals surface area contributed by atoms with E-state index in [1.807, 2.05) is 0 Å². The Morgan fingerprint density at radius 2 is 2.21 bits per heavy atom. The molecular weight excluding hydrogens is 182 g/mol. The number of hydrogen-bond acceptors (Lipinski definition) is 4. The summed E-state index contributed by atoms with van der Waals surface area (Å²) >= 11 is 0. The first-order chi connectivity index (χ1) is 6.77. The molecule has 0 amide bonds. The van der Waals surface area contributed by atoms with Crippen molar-refractivity contribution in [3.63, 3.8) is 0 Å². The second-order valence-corrected chi connectivity index (χ2v) is 3.67. The molecule has 4 heteroatoms. The fraction of sp³-hybridized carbons (Fsp3) is 0.900. The summed E-state index contributed by atoms with van der Waals surface area (Å²) in [5.41, 5.74) is 0. The first kappa shape index (κ1) is 11.5. The zero-order chi connectivity index (χ0) is 10.4. The fourth-order valence-electron chi connectivity index (χ4n) is 1.69. The van der Waals surface area contributed by atoms with Crippen LogP contribution in [0.1, 0.15) is 25.7 Å². The van der Waals surface area contributed by atoms with Crippen molar-refractivity contribution in [1.82, 2.24) is 4.90 Å². The highest BCUT2D eigenvalue weighted by atomic mass is 16.5. The molecule has 1 aliphatic rings. The Kier molecular flexibility index (Phi) is 4.90. The Bertz CT molecular complexity index is 180. The number of nitrogens with zero attached hydrogens (tertiary/aromatic N) is 1. The van der Waals surface area contributed by atoms with E-state index in [-0.39, 0.29) is 12.6 Å². The normalized spacial score (nSPS) is 16.8. The molecule has 0 saturated heterocycles. The summed E-state index contributed by atoms with van der Waals surface area (Å²) in [5.74, 6) is -0.174. The Morgan fingerprint density at radius 3 is 2.64 bits per heavy atom. The molecule has 1 aliphatic carbocycles. The van der Waals surface area contributed by atoms with E-state index in [0.29, 0.717) is 25.6 Å². The predicted molar refractivity (Wildman–Crippen MR) is 52.9 cm³/mol. The first-order valence-electron chi connectivity index (χ1n) is 5.19. The van der Waals surface area contributed by atoms with Crippen LogP contribution in [0.3, 0.4) is 0 Å². The maximum atomic E-state index is 10.9. The van der Waals surface area contributed by atoms with E-state index in [0.717, 1.165) is 0 Å². The molecule has 1 N–H and O–H groups in total. The lowest BCUT2D eigenvalue weighted by atomic mass is 9.91. The Morgan fingerprint density at radius 1 is 1.50 bits per heavy atom. The van der Waals surface area contributed by atoms with Gasteiger partial charge >= 0.3 is 5.97 Å². The molecule has 0 radical (unpaired) electrons. The second-order valence-electron chi connectivity index (χ2n) is 3.67. The molecule has 82 valence electrons. The maximum Gasteiger partial charge on any atom is 0.306 e. The number of carbonyl (C=O) groups is 1. The summed E-state index contributed by atoms with van der Waals surface area (Å²) in [5, 5.41) is 8.87. The molecule has 0 aromatic heterocycles. The number of rotatable bonds is 6. The number of esters is 1. The molecule has 0 spiro atoms. The van der Waals surface area contributed by atoms with Gasteiger partial charge in [0.25, 0.3) is 0 Å². The lowest BCUT2D eigenvalue weighted by Gasteiger charge is -2.37. The van der Waals surface area contributed by atoms with Crippen LogP contribution in [0.5, 0.6) is 0 Å². The van der Waals surface area contributed by atoms with Crippen molar-refractivity contribution in [3.8, 4) is 0 Å². The summed E-state index contributed by atoms with van der Waals surface area (Å²) < 4.78 is 4.58. The van der Waals surface area contributed by atoms with Gasteiger partial charge in [-0.15, -0.1) is 0 Å². The molecule has 0 unspecified atom stereocenters. The summed E-state index contributed by atoms with van der Waals surface area (Å²) in [6, 6.07) is 0.576. The minimum atomic E-state index is -0.174. The van der Waals surface area contributed by atoms with Crippen molar-refractivity contribution in [2.45, 2.75) is 31.7 Å². The smallest absolute Gasteiger partial charge is 0.306 e. The summed E-state index contributed by atoms with van der Waals surface area (Å²) in [7, 11) is 1.40. The minimum absolute atomic E-state index is 0.164. The van der Waals surface area contributed by atoms with E-state index in [1.54, 1.807) is 0 Å². The van der Waals surface area contributed by atoms with E-state index in [2.05, 4.69) is 9.64 Å². The molecule has 14 heavy (non-hydrogen) atoms.